The number of rotatable bonds is 8. The van der Waals surface area contributed by atoms with E-state index in [1.54, 1.807) is 0 Å². The average molecular weight is 351 g/mol. The molecule has 0 unspecified atom stereocenters. The third kappa shape index (κ3) is 6.78. The van der Waals surface area contributed by atoms with Gasteiger partial charge in [-0.15, -0.1) is 0 Å². The third-order valence-corrected chi connectivity index (χ3v) is 4.40. The van der Waals surface area contributed by atoms with Gasteiger partial charge in [-0.25, -0.2) is 0 Å². The van der Waals surface area contributed by atoms with Gasteiger partial charge in [0, 0.05) is 45.3 Å². The second-order valence-electron chi connectivity index (χ2n) is 8.07. The standard InChI is InChI=1S/C19H34N4O2/c1-15(2)11-23(12-16(3)4)19(24)14-22-8-6-21(7-9-22)13-18-10-17(5)20-25-18/h10,15-16H,6-9,11-14H2,1-5H3. The molecule has 2 heterocycles. The van der Waals surface area contributed by atoms with Crippen LogP contribution in [0.1, 0.15) is 39.1 Å². The molecule has 1 saturated heterocycles. The summed E-state index contributed by atoms with van der Waals surface area (Å²) in [5.41, 5.74) is 0.926. The second kappa shape index (κ2) is 9.34. The van der Waals surface area contributed by atoms with Crippen LogP contribution in [0.25, 0.3) is 0 Å². The molecule has 6 nitrogen and oxygen atoms in total. The van der Waals surface area contributed by atoms with Crippen molar-refractivity contribution >= 4 is 5.91 Å². The zero-order valence-corrected chi connectivity index (χ0v) is 16.5. The smallest absolute Gasteiger partial charge is 0.236 e. The largest absolute Gasteiger partial charge is 0.360 e. The van der Waals surface area contributed by atoms with Crippen molar-refractivity contribution in [2.24, 2.45) is 11.8 Å². The summed E-state index contributed by atoms with van der Waals surface area (Å²) in [6.45, 7) is 17.4. The van der Waals surface area contributed by atoms with E-state index in [0.29, 0.717) is 18.4 Å². The molecule has 142 valence electrons. The molecule has 0 radical (unpaired) electrons. The highest BCUT2D eigenvalue weighted by Crippen LogP contribution is 2.11. The number of carbonyl (C=O) groups is 1. The van der Waals surface area contributed by atoms with Crippen molar-refractivity contribution in [3.8, 4) is 0 Å². The third-order valence-electron chi connectivity index (χ3n) is 4.40. The molecule has 1 aromatic rings. The summed E-state index contributed by atoms with van der Waals surface area (Å²) >= 11 is 0. The van der Waals surface area contributed by atoms with E-state index in [-0.39, 0.29) is 5.91 Å². The van der Waals surface area contributed by atoms with Gasteiger partial charge >= 0.3 is 0 Å². The Balaban J connectivity index is 1.78. The Labute approximate surface area is 152 Å². The lowest BCUT2D eigenvalue weighted by molar-refractivity contribution is -0.134. The predicted molar refractivity (Wildman–Crippen MR) is 99.2 cm³/mol. The molecular weight excluding hydrogens is 316 g/mol. The van der Waals surface area contributed by atoms with Crippen LogP contribution in [-0.2, 0) is 11.3 Å². The minimum atomic E-state index is 0.265. The van der Waals surface area contributed by atoms with E-state index < -0.39 is 0 Å². The highest BCUT2D eigenvalue weighted by Gasteiger charge is 2.23. The van der Waals surface area contributed by atoms with E-state index in [0.717, 1.165) is 57.3 Å². The number of piperazine rings is 1. The molecule has 0 atom stereocenters. The number of nitrogens with zero attached hydrogens (tertiary/aromatic N) is 4. The Kier molecular flexibility index (Phi) is 7.44. The van der Waals surface area contributed by atoms with Crippen molar-refractivity contribution in [2.45, 2.75) is 41.2 Å². The van der Waals surface area contributed by atoms with Crippen LogP contribution in [-0.4, -0.2) is 71.6 Å². The first-order chi connectivity index (χ1) is 11.8. The zero-order chi connectivity index (χ0) is 18.4. The first-order valence-electron chi connectivity index (χ1n) is 9.48. The van der Waals surface area contributed by atoms with Crippen LogP contribution in [0.3, 0.4) is 0 Å². The fourth-order valence-electron chi connectivity index (χ4n) is 3.27. The van der Waals surface area contributed by atoms with Gasteiger partial charge in [0.25, 0.3) is 0 Å². The van der Waals surface area contributed by atoms with Crippen molar-refractivity contribution in [2.75, 3.05) is 45.8 Å². The topological polar surface area (TPSA) is 52.8 Å². The van der Waals surface area contributed by atoms with Gasteiger partial charge < -0.3 is 9.42 Å². The summed E-state index contributed by atoms with van der Waals surface area (Å²) in [5, 5.41) is 3.94. The summed E-state index contributed by atoms with van der Waals surface area (Å²) in [4.78, 5) is 19.4. The fourth-order valence-corrected chi connectivity index (χ4v) is 3.27. The lowest BCUT2D eigenvalue weighted by Gasteiger charge is -2.35. The van der Waals surface area contributed by atoms with Crippen LogP contribution in [0.2, 0.25) is 0 Å². The van der Waals surface area contributed by atoms with Crippen molar-refractivity contribution in [3.05, 3.63) is 17.5 Å². The highest BCUT2D eigenvalue weighted by molar-refractivity contribution is 5.78. The minimum Gasteiger partial charge on any atom is -0.360 e. The maximum atomic E-state index is 12.7. The number of hydrogen-bond acceptors (Lipinski definition) is 5. The molecule has 0 saturated carbocycles. The Hall–Kier alpha value is -1.40. The minimum absolute atomic E-state index is 0.265. The molecule has 0 spiro atoms. The second-order valence-corrected chi connectivity index (χ2v) is 8.07. The van der Waals surface area contributed by atoms with E-state index in [4.69, 9.17) is 4.52 Å². The van der Waals surface area contributed by atoms with Crippen LogP contribution in [0.15, 0.2) is 10.6 Å². The van der Waals surface area contributed by atoms with Gasteiger partial charge in [0.1, 0.15) is 0 Å². The zero-order valence-electron chi connectivity index (χ0n) is 16.5. The number of amides is 1. The SMILES string of the molecule is Cc1cc(CN2CCN(CC(=O)N(CC(C)C)CC(C)C)CC2)on1. The number of hydrogen-bond donors (Lipinski definition) is 0. The van der Waals surface area contributed by atoms with Gasteiger partial charge in [0.05, 0.1) is 18.8 Å². The summed E-state index contributed by atoms with van der Waals surface area (Å²) in [7, 11) is 0. The molecule has 25 heavy (non-hydrogen) atoms. The van der Waals surface area contributed by atoms with Crippen LogP contribution in [0, 0.1) is 18.8 Å². The Morgan fingerprint density at radius 2 is 1.68 bits per heavy atom. The molecule has 1 fully saturated rings. The molecule has 1 aliphatic heterocycles. The molecule has 0 N–H and O–H groups in total. The molecule has 1 aliphatic rings. The number of aryl methyl sites for hydroxylation is 1. The summed E-state index contributed by atoms with van der Waals surface area (Å²) in [6.07, 6.45) is 0. The van der Waals surface area contributed by atoms with Crippen molar-refractivity contribution in [1.82, 2.24) is 19.9 Å². The highest BCUT2D eigenvalue weighted by atomic mass is 16.5. The monoisotopic (exact) mass is 350 g/mol. The van der Waals surface area contributed by atoms with Crippen molar-refractivity contribution in [3.63, 3.8) is 0 Å². The van der Waals surface area contributed by atoms with Gasteiger partial charge in [-0.05, 0) is 18.8 Å². The molecule has 6 heteroatoms. The normalized spacial score (nSPS) is 16.8. The Morgan fingerprint density at radius 3 is 2.16 bits per heavy atom. The van der Waals surface area contributed by atoms with Gasteiger partial charge in [-0.2, -0.15) is 0 Å². The van der Waals surface area contributed by atoms with Crippen LogP contribution >= 0.6 is 0 Å². The first-order valence-corrected chi connectivity index (χ1v) is 9.48. The van der Waals surface area contributed by atoms with Gasteiger partial charge in [-0.1, -0.05) is 32.9 Å². The fraction of sp³-hybridized carbons (Fsp3) is 0.789. The Morgan fingerprint density at radius 1 is 1.12 bits per heavy atom. The lowest BCUT2D eigenvalue weighted by atomic mass is 10.1. The quantitative estimate of drug-likeness (QED) is 0.720. The van der Waals surface area contributed by atoms with Crippen molar-refractivity contribution < 1.29 is 9.32 Å². The predicted octanol–water partition coefficient (Wildman–Crippen LogP) is 2.24. The number of aromatic nitrogens is 1. The molecule has 0 aromatic carbocycles. The maximum Gasteiger partial charge on any atom is 0.236 e. The van der Waals surface area contributed by atoms with E-state index in [9.17, 15) is 4.79 Å². The van der Waals surface area contributed by atoms with E-state index >= 15 is 0 Å². The van der Waals surface area contributed by atoms with E-state index in [1.807, 2.05) is 17.9 Å². The maximum absolute atomic E-state index is 12.7. The van der Waals surface area contributed by atoms with Crippen LogP contribution in [0.4, 0.5) is 0 Å². The molecule has 0 bridgehead atoms. The number of carbonyl (C=O) groups excluding carboxylic acids is 1. The average Bonchev–Trinajstić information content (AvgIpc) is 2.92. The van der Waals surface area contributed by atoms with E-state index in [2.05, 4.69) is 42.7 Å². The van der Waals surface area contributed by atoms with E-state index in [1.165, 1.54) is 0 Å². The van der Waals surface area contributed by atoms with Crippen LogP contribution < -0.4 is 0 Å². The molecule has 2 rings (SSSR count). The first kappa shape index (κ1) is 19.9. The molecular formula is C19H34N4O2. The lowest BCUT2D eigenvalue weighted by Crippen LogP contribution is -2.50. The summed E-state index contributed by atoms with van der Waals surface area (Å²) in [5.74, 6) is 2.19. The van der Waals surface area contributed by atoms with Gasteiger partial charge in [0.2, 0.25) is 5.91 Å². The summed E-state index contributed by atoms with van der Waals surface area (Å²) < 4.78 is 5.30. The van der Waals surface area contributed by atoms with Crippen LogP contribution in [0.5, 0.6) is 0 Å². The summed E-state index contributed by atoms with van der Waals surface area (Å²) in [6, 6.07) is 1.99. The molecule has 0 aliphatic carbocycles. The molecule has 1 aromatic heterocycles. The van der Waals surface area contributed by atoms with Gasteiger partial charge in [-0.3, -0.25) is 14.6 Å². The van der Waals surface area contributed by atoms with Gasteiger partial charge in [0.15, 0.2) is 5.76 Å². The Bertz CT molecular complexity index is 523. The molecule has 1 amide bonds. The van der Waals surface area contributed by atoms with Crippen molar-refractivity contribution in [1.29, 1.82) is 0 Å².